The van der Waals surface area contributed by atoms with Crippen LogP contribution in [0, 0.1) is 13.8 Å². The van der Waals surface area contributed by atoms with Gasteiger partial charge >= 0.3 is 0 Å². The first-order valence-corrected chi connectivity index (χ1v) is 7.33. The van der Waals surface area contributed by atoms with Crippen LogP contribution in [0.5, 0.6) is 5.75 Å². The summed E-state index contributed by atoms with van der Waals surface area (Å²) in [7, 11) is 1.61. The molecule has 0 aliphatic rings. The molecule has 0 fully saturated rings. The van der Waals surface area contributed by atoms with Gasteiger partial charge in [0.05, 0.1) is 13.7 Å². The van der Waals surface area contributed by atoms with Crippen molar-refractivity contribution in [3.05, 3.63) is 58.1 Å². The standard InChI is InChI=1S/C17H20ClN3O/c1-11-6-12(2)8-15(7-11)21-17(19)20-10-13-4-5-14(18)9-16(13)22-3/h4-9H,10H2,1-3H3,(H3,19,20,21). The summed E-state index contributed by atoms with van der Waals surface area (Å²) < 4.78 is 5.29. The summed E-state index contributed by atoms with van der Waals surface area (Å²) in [5.41, 5.74) is 10.2. The maximum Gasteiger partial charge on any atom is 0.193 e. The number of aryl methyl sites for hydroxylation is 2. The summed E-state index contributed by atoms with van der Waals surface area (Å²) in [5, 5.41) is 3.73. The highest BCUT2D eigenvalue weighted by molar-refractivity contribution is 6.30. The van der Waals surface area contributed by atoms with Crippen LogP contribution in [0.4, 0.5) is 5.69 Å². The first-order chi connectivity index (χ1) is 10.5. The smallest absolute Gasteiger partial charge is 0.193 e. The summed E-state index contributed by atoms with van der Waals surface area (Å²) in [6.07, 6.45) is 0. The average molecular weight is 318 g/mol. The van der Waals surface area contributed by atoms with Crippen molar-refractivity contribution in [3.63, 3.8) is 0 Å². The summed E-state index contributed by atoms with van der Waals surface area (Å²) in [5.74, 6) is 1.07. The lowest BCUT2D eigenvalue weighted by atomic mass is 10.1. The van der Waals surface area contributed by atoms with Gasteiger partial charge in [0, 0.05) is 16.3 Å². The van der Waals surface area contributed by atoms with E-state index in [1.165, 1.54) is 11.1 Å². The quantitative estimate of drug-likeness (QED) is 0.664. The van der Waals surface area contributed by atoms with Gasteiger partial charge in [-0.3, -0.25) is 0 Å². The number of hydrogen-bond acceptors (Lipinski definition) is 2. The Balaban J connectivity index is 2.09. The number of hydrogen-bond donors (Lipinski definition) is 2. The van der Waals surface area contributed by atoms with E-state index in [1.54, 1.807) is 13.2 Å². The molecule has 0 heterocycles. The molecule has 0 saturated heterocycles. The Bertz CT molecular complexity index is 678. The van der Waals surface area contributed by atoms with E-state index in [-0.39, 0.29) is 0 Å². The molecular weight excluding hydrogens is 298 g/mol. The highest BCUT2D eigenvalue weighted by Crippen LogP contribution is 2.23. The fourth-order valence-corrected chi connectivity index (χ4v) is 2.42. The van der Waals surface area contributed by atoms with E-state index >= 15 is 0 Å². The van der Waals surface area contributed by atoms with Gasteiger partial charge in [-0.2, -0.15) is 0 Å². The summed E-state index contributed by atoms with van der Waals surface area (Å²) in [6.45, 7) is 4.51. The van der Waals surface area contributed by atoms with Gasteiger partial charge in [0.15, 0.2) is 5.96 Å². The van der Waals surface area contributed by atoms with Crippen LogP contribution in [0.2, 0.25) is 5.02 Å². The monoisotopic (exact) mass is 317 g/mol. The largest absolute Gasteiger partial charge is 0.496 e. The molecule has 0 spiro atoms. The summed E-state index contributed by atoms with van der Waals surface area (Å²) in [4.78, 5) is 4.35. The number of nitrogens with zero attached hydrogens (tertiary/aromatic N) is 1. The molecule has 116 valence electrons. The number of guanidine groups is 1. The topological polar surface area (TPSA) is 59.6 Å². The Morgan fingerprint density at radius 2 is 1.86 bits per heavy atom. The van der Waals surface area contributed by atoms with Crippen LogP contribution in [-0.4, -0.2) is 13.1 Å². The fraction of sp³-hybridized carbons (Fsp3) is 0.235. The molecule has 0 unspecified atom stereocenters. The number of aliphatic imine (C=N–C) groups is 1. The van der Waals surface area contributed by atoms with Crippen molar-refractivity contribution < 1.29 is 4.74 Å². The number of anilines is 1. The second-order valence-corrected chi connectivity index (χ2v) is 5.60. The van der Waals surface area contributed by atoms with Gasteiger partial charge in [-0.15, -0.1) is 0 Å². The van der Waals surface area contributed by atoms with Crippen molar-refractivity contribution in [2.24, 2.45) is 10.7 Å². The number of benzene rings is 2. The normalized spacial score (nSPS) is 11.4. The van der Waals surface area contributed by atoms with Gasteiger partial charge in [-0.25, -0.2) is 4.99 Å². The van der Waals surface area contributed by atoms with Crippen molar-refractivity contribution >= 4 is 23.2 Å². The molecule has 5 heteroatoms. The van der Waals surface area contributed by atoms with E-state index < -0.39 is 0 Å². The third kappa shape index (κ3) is 4.40. The van der Waals surface area contributed by atoms with E-state index in [9.17, 15) is 0 Å². The second-order valence-electron chi connectivity index (χ2n) is 5.16. The molecule has 3 N–H and O–H groups in total. The van der Waals surface area contributed by atoms with E-state index in [0.29, 0.717) is 23.3 Å². The molecule has 0 radical (unpaired) electrons. The van der Waals surface area contributed by atoms with E-state index in [0.717, 1.165) is 11.3 Å². The number of ether oxygens (including phenoxy) is 1. The number of nitrogens with two attached hydrogens (primary N) is 1. The van der Waals surface area contributed by atoms with Gasteiger partial charge in [0.2, 0.25) is 0 Å². The molecule has 0 aliphatic carbocycles. The van der Waals surface area contributed by atoms with Crippen molar-refractivity contribution in [1.82, 2.24) is 0 Å². The molecule has 0 aromatic heterocycles. The lowest BCUT2D eigenvalue weighted by Gasteiger charge is -2.09. The maximum absolute atomic E-state index is 5.95. The Morgan fingerprint density at radius 3 is 2.50 bits per heavy atom. The SMILES string of the molecule is COc1cc(Cl)ccc1CN=C(N)Nc1cc(C)cc(C)c1. The molecule has 0 atom stereocenters. The molecular formula is C17H20ClN3O. The minimum atomic E-state index is 0.363. The maximum atomic E-state index is 5.95. The molecule has 0 bridgehead atoms. The minimum Gasteiger partial charge on any atom is -0.496 e. The van der Waals surface area contributed by atoms with Crippen LogP contribution < -0.4 is 15.8 Å². The third-order valence-electron chi connectivity index (χ3n) is 3.16. The zero-order chi connectivity index (χ0) is 16.1. The molecule has 2 rings (SSSR count). The van der Waals surface area contributed by atoms with Crippen LogP contribution in [0.1, 0.15) is 16.7 Å². The average Bonchev–Trinajstić information content (AvgIpc) is 2.44. The number of nitrogens with one attached hydrogen (secondary N) is 1. The van der Waals surface area contributed by atoms with E-state index in [2.05, 4.69) is 16.4 Å². The van der Waals surface area contributed by atoms with Gasteiger partial charge in [-0.1, -0.05) is 23.7 Å². The highest BCUT2D eigenvalue weighted by atomic mass is 35.5. The Morgan fingerprint density at radius 1 is 1.18 bits per heavy atom. The first-order valence-electron chi connectivity index (χ1n) is 6.95. The Kier molecular flexibility index (Phi) is 5.28. The lowest BCUT2D eigenvalue weighted by Crippen LogP contribution is -2.22. The molecule has 0 amide bonds. The van der Waals surface area contributed by atoms with Crippen LogP contribution in [0.3, 0.4) is 0 Å². The van der Waals surface area contributed by atoms with Crippen molar-refractivity contribution in [2.45, 2.75) is 20.4 Å². The van der Waals surface area contributed by atoms with E-state index in [4.69, 9.17) is 22.1 Å². The Labute approximate surface area is 136 Å². The lowest BCUT2D eigenvalue weighted by molar-refractivity contribution is 0.410. The number of halogens is 1. The van der Waals surface area contributed by atoms with Gasteiger partial charge in [0.25, 0.3) is 0 Å². The van der Waals surface area contributed by atoms with E-state index in [1.807, 2.05) is 38.1 Å². The molecule has 22 heavy (non-hydrogen) atoms. The van der Waals surface area contributed by atoms with Crippen LogP contribution in [-0.2, 0) is 6.54 Å². The Hall–Kier alpha value is -2.20. The zero-order valence-corrected chi connectivity index (χ0v) is 13.7. The van der Waals surface area contributed by atoms with Crippen LogP contribution in [0.15, 0.2) is 41.4 Å². The van der Waals surface area contributed by atoms with Gasteiger partial charge in [-0.05, 0) is 49.2 Å². The predicted octanol–water partition coefficient (Wildman–Crippen LogP) is 3.89. The van der Waals surface area contributed by atoms with Crippen LogP contribution in [0.25, 0.3) is 0 Å². The minimum absolute atomic E-state index is 0.363. The zero-order valence-electron chi connectivity index (χ0n) is 13.0. The molecule has 4 nitrogen and oxygen atoms in total. The first kappa shape index (κ1) is 16.2. The highest BCUT2D eigenvalue weighted by Gasteiger charge is 2.04. The second kappa shape index (κ2) is 7.18. The number of methoxy groups -OCH3 is 1. The fourth-order valence-electron chi connectivity index (χ4n) is 2.25. The molecule has 2 aromatic rings. The third-order valence-corrected chi connectivity index (χ3v) is 3.40. The van der Waals surface area contributed by atoms with Crippen LogP contribution >= 0.6 is 11.6 Å². The molecule has 0 saturated carbocycles. The summed E-state index contributed by atoms with van der Waals surface area (Å²) >= 11 is 5.94. The van der Waals surface area contributed by atoms with Gasteiger partial charge in [0.1, 0.15) is 5.75 Å². The molecule has 2 aromatic carbocycles. The summed E-state index contributed by atoms with van der Waals surface area (Å²) in [6, 6.07) is 11.6. The van der Waals surface area contributed by atoms with Gasteiger partial charge < -0.3 is 15.8 Å². The van der Waals surface area contributed by atoms with Crippen molar-refractivity contribution in [3.8, 4) is 5.75 Å². The predicted molar refractivity (Wildman–Crippen MR) is 92.9 cm³/mol. The molecule has 0 aliphatic heterocycles. The number of rotatable bonds is 4. The van der Waals surface area contributed by atoms with Crippen molar-refractivity contribution in [2.75, 3.05) is 12.4 Å². The van der Waals surface area contributed by atoms with Crippen molar-refractivity contribution in [1.29, 1.82) is 0 Å².